The topological polar surface area (TPSA) is 67.9 Å². The molecule has 0 saturated heterocycles. The molecule has 0 aliphatic carbocycles. The van der Waals surface area contributed by atoms with Gasteiger partial charge >= 0.3 is 14.1 Å². The highest BCUT2D eigenvalue weighted by atomic mass is 31.1. The average Bonchev–Trinajstić information content (AvgIpc) is 2.28. The summed E-state index contributed by atoms with van der Waals surface area (Å²) < 4.78 is 23.3. The van der Waals surface area contributed by atoms with Crippen LogP contribution < -0.4 is 5.43 Å². The van der Waals surface area contributed by atoms with Gasteiger partial charge in [-0.15, -0.1) is 4.52 Å². The Balaban J connectivity index is 4.87. The van der Waals surface area contributed by atoms with E-state index in [1.54, 1.807) is 20.9 Å². The van der Waals surface area contributed by atoms with Crippen LogP contribution in [-0.2, 0) is 18.6 Å². The fraction of sp³-hybridized carbons (Fsp3) is 0.909. The third kappa shape index (κ3) is 5.87. The minimum Gasteiger partial charge on any atom is -0.465 e. The van der Waals surface area contributed by atoms with Gasteiger partial charge in [-0.1, -0.05) is 13.8 Å². The minimum atomic E-state index is -2.09. The summed E-state index contributed by atoms with van der Waals surface area (Å²) in [5.41, 5.74) is 2.76. The maximum Gasteiger partial charge on any atom is 0.631 e. The molecule has 0 heterocycles. The van der Waals surface area contributed by atoms with Crippen molar-refractivity contribution in [1.29, 1.82) is 0 Å². The first-order valence-electron chi connectivity index (χ1n) is 6.21. The summed E-state index contributed by atoms with van der Waals surface area (Å²) in [6.45, 7) is 8.11. The van der Waals surface area contributed by atoms with Gasteiger partial charge in [-0.05, 0) is 30.8 Å². The predicted molar refractivity (Wildman–Crippen MR) is 70.0 cm³/mol. The molecule has 0 fully saturated rings. The Morgan fingerprint density at radius 3 is 2.33 bits per heavy atom. The van der Waals surface area contributed by atoms with Gasteiger partial charge < -0.3 is 4.74 Å². The molecule has 0 spiro atoms. The van der Waals surface area contributed by atoms with Crippen molar-refractivity contribution in [3.63, 3.8) is 0 Å². The van der Waals surface area contributed by atoms with Crippen LogP contribution >= 0.6 is 8.18 Å². The normalized spacial score (nSPS) is 13.8. The molecule has 0 saturated carbocycles. The first-order valence-corrected chi connectivity index (χ1v) is 7.34. The molecule has 18 heavy (non-hydrogen) atoms. The second kappa shape index (κ2) is 9.39. The largest absolute Gasteiger partial charge is 0.631 e. The van der Waals surface area contributed by atoms with Crippen LogP contribution in [0.4, 0.5) is 0 Å². The van der Waals surface area contributed by atoms with E-state index in [4.69, 9.17) is 9.26 Å². The molecule has 0 aliphatic rings. The number of ether oxygens (including phenoxy) is 1. The summed E-state index contributed by atoms with van der Waals surface area (Å²) in [4.78, 5) is 11.9. The molecule has 2 atom stereocenters. The zero-order chi connectivity index (χ0) is 14.1. The van der Waals surface area contributed by atoms with E-state index < -0.39 is 14.2 Å². The minimum absolute atomic E-state index is 0.278. The molecule has 0 aromatic heterocycles. The molecule has 106 valence electrons. The summed E-state index contributed by atoms with van der Waals surface area (Å²) in [5, 5.41) is 0. The van der Waals surface area contributed by atoms with E-state index in [0.29, 0.717) is 19.6 Å². The maximum absolute atomic E-state index is 11.9. The van der Waals surface area contributed by atoms with Gasteiger partial charge in [0.2, 0.25) is 0 Å². The fourth-order valence-electron chi connectivity index (χ4n) is 1.50. The lowest BCUT2D eigenvalue weighted by Crippen LogP contribution is -2.45. The van der Waals surface area contributed by atoms with E-state index in [0.717, 1.165) is 0 Å². The number of carbonyl (C=O) groups excluding carboxylic acids is 1. The van der Waals surface area contributed by atoms with Crippen molar-refractivity contribution in [1.82, 2.24) is 10.2 Å². The predicted octanol–water partition coefficient (Wildman–Crippen LogP) is 2.09. The third-order valence-electron chi connectivity index (χ3n) is 2.19. The Bertz CT molecular complexity index is 274. The summed E-state index contributed by atoms with van der Waals surface area (Å²) in [7, 11) is -0.476. The van der Waals surface area contributed by atoms with Crippen LogP contribution in [0.25, 0.3) is 0 Å². The number of esters is 1. The van der Waals surface area contributed by atoms with Crippen LogP contribution in [0.1, 0.15) is 34.1 Å². The summed E-state index contributed by atoms with van der Waals surface area (Å²) in [6, 6.07) is -0.606. The van der Waals surface area contributed by atoms with E-state index >= 15 is 0 Å². The lowest BCUT2D eigenvalue weighted by Gasteiger charge is -2.20. The highest BCUT2D eigenvalue weighted by Gasteiger charge is 2.41. The highest BCUT2D eigenvalue weighted by molar-refractivity contribution is 7.36. The van der Waals surface area contributed by atoms with Crippen LogP contribution in [0.3, 0.4) is 0 Å². The number of hydrogen-bond acceptors (Lipinski definition) is 5. The van der Waals surface area contributed by atoms with E-state index in [-0.39, 0.29) is 11.9 Å². The fourth-order valence-corrected chi connectivity index (χ4v) is 2.43. The zero-order valence-corrected chi connectivity index (χ0v) is 12.7. The van der Waals surface area contributed by atoms with Crippen molar-refractivity contribution < 1.29 is 18.6 Å². The van der Waals surface area contributed by atoms with Gasteiger partial charge in [0.1, 0.15) is 6.61 Å². The van der Waals surface area contributed by atoms with Gasteiger partial charge in [0.25, 0.3) is 0 Å². The summed E-state index contributed by atoms with van der Waals surface area (Å²) in [5.74, 6) is -0.108. The Labute approximate surface area is 110 Å². The first-order chi connectivity index (χ1) is 8.47. The molecule has 0 radical (unpaired) electrons. The van der Waals surface area contributed by atoms with Crippen LogP contribution in [0.15, 0.2) is 0 Å². The number of nitrogens with one attached hydrogen (secondary N) is 1. The molecule has 0 amide bonds. The van der Waals surface area contributed by atoms with Gasteiger partial charge in [0.05, 0.1) is 6.61 Å². The van der Waals surface area contributed by atoms with Gasteiger partial charge in [-0.3, -0.25) is 4.79 Å². The van der Waals surface area contributed by atoms with Gasteiger partial charge in [-0.2, -0.15) is 0 Å². The molecule has 0 aliphatic heterocycles. The molecule has 2 unspecified atom stereocenters. The zero-order valence-electron chi connectivity index (χ0n) is 11.8. The molecule has 6 nitrogen and oxygen atoms in total. The third-order valence-corrected chi connectivity index (χ3v) is 3.50. The summed E-state index contributed by atoms with van der Waals surface area (Å²) >= 11 is 0. The van der Waals surface area contributed by atoms with Crippen LogP contribution in [-0.4, -0.2) is 37.1 Å². The van der Waals surface area contributed by atoms with Gasteiger partial charge in [0.15, 0.2) is 6.04 Å². The van der Waals surface area contributed by atoms with E-state index in [1.165, 1.54) is 4.78 Å². The SMILES string of the molecule is CCOC(=O)C(CC(C)C)N(NC)[P+](=O)OCC. The van der Waals surface area contributed by atoms with Gasteiger partial charge in [0, 0.05) is 11.8 Å². The molecule has 0 aromatic rings. The Morgan fingerprint density at radius 1 is 1.33 bits per heavy atom. The van der Waals surface area contributed by atoms with Crippen molar-refractivity contribution in [3.8, 4) is 0 Å². The molecule has 0 bridgehead atoms. The van der Waals surface area contributed by atoms with Crippen molar-refractivity contribution in [3.05, 3.63) is 0 Å². The monoisotopic (exact) mass is 279 g/mol. The standard InChI is InChI=1S/C11H24N2O4P/c1-6-16-11(14)10(8-9(3)4)13(12-5)18(15)17-7-2/h9-10,12H,6-8H2,1-5H3/q+1. The molecular formula is C11H24N2O4P+. The number of carbonyl (C=O) groups is 1. The second-order valence-electron chi connectivity index (χ2n) is 4.12. The first kappa shape index (κ1) is 17.4. The lowest BCUT2D eigenvalue weighted by molar-refractivity contribution is -0.149. The van der Waals surface area contributed by atoms with Crippen LogP contribution in [0, 0.1) is 5.92 Å². The molecule has 0 aromatic carbocycles. The van der Waals surface area contributed by atoms with Crippen LogP contribution in [0.5, 0.6) is 0 Å². The van der Waals surface area contributed by atoms with Gasteiger partial charge in [-0.25, -0.2) is 5.43 Å². The van der Waals surface area contributed by atoms with E-state index in [2.05, 4.69) is 5.43 Å². The molecule has 1 N–H and O–H groups in total. The average molecular weight is 279 g/mol. The number of hydrogen-bond donors (Lipinski definition) is 1. The van der Waals surface area contributed by atoms with E-state index in [1.807, 2.05) is 13.8 Å². The maximum atomic E-state index is 11.9. The van der Waals surface area contributed by atoms with E-state index in [9.17, 15) is 9.36 Å². The molecule has 7 heteroatoms. The van der Waals surface area contributed by atoms with Crippen LogP contribution in [0.2, 0.25) is 0 Å². The molecule has 0 rings (SSSR count). The number of hydrazine groups is 1. The number of nitrogens with zero attached hydrogens (tertiary/aromatic N) is 1. The number of rotatable bonds is 9. The Morgan fingerprint density at radius 2 is 1.94 bits per heavy atom. The quantitative estimate of drug-likeness (QED) is 0.396. The highest BCUT2D eigenvalue weighted by Crippen LogP contribution is 2.31. The smallest absolute Gasteiger partial charge is 0.465 e. The second-order valence-corrected chi connectivity index (χ2v) is 5.29. The van der Waals surface area contributed by atoms with Crippen molar-refractivity contribution in [2.45, 2.75) is 40.2 Å². The van der Waals surface area contributed by atoms with Crippen molar-refractivity contribution in [2.75, 3.05) is 20.3 Å². The Kier molecular flexibility index (Phi) is 9.10. The Hall–Kier alpha value is -0.550. The van der Waals surface area contributed by atoms with Crippen molar-refractivity contribution >= 4 is 14.1 Å². The summed E-state index contributed by atoms with van der Waals surface area (Å²) in [6.07, 6.45) is 0.549. The lowest BCUT2D eigenvalue weighted by atomic mass is 10.0. The van der Waals surface area contributed by atoms with Crippen molar-refractivity contribution in [2.24, 2.45) is 5.92 Å². The molecular weight excluding hydrogens is 255 g/mol.